The summed E-state index contributed by atoms with van der Waals surface area (Å²) in [7, 11) is 1.65. The molecular weight excluding hydrogens is 250 g/mol. The lowest BCUT2D eigenvalue weighted by Gasteiger charge is -2.22. The van der Waals surface area contributed by atoms with E-state index in [1.807, 2.05) is 30.3 Å². The zero-order valence-corrected chi connectivity index (χ0v) is 12.0. The van der Waals surface area contributed by atoms with Gasteiger partial charge in [-0.05, 0) is 24.2 Å². The molecule has 0 fully saturated rings. The first kappa shape index (κ1) is 14.3. The van der Waals surface area contributed by atoms with E-state index < -0.39 is 0 Å². The number of nitrogens with two attached hydrogens (primary N) is 1. The maximum atomic E-state index is 6.01. The predicted octanol–water partition coefficient (Wildman–Crippen LogP) is 2.69. The first-order valence-corrected chi connectivity index (χ1v) is 6.78. The van der Waals surface area contributed by atoms with Crippen LogP contribution in [0.3, 0.4) is 0 Å². The van der Waals surface area contributed by atoms with Gasteiger partial charge in [-0.2, -0.15) is 0 Å². The lowest BCUT2D eigenvalue weighted by molar-refractivity contribution is 0.265. The molecule has 2 rings (SSSR count). The molecule has 4 heteroatoms. The van der Waals surface area contributed by atoms with E-state index in [0.29, 0.717) is 5.88 Å². The van der Waals surface area contributed by atoms with Gasteiger partial charge in [-0.1, -0.05) is 31.2 Å². The Morgan fingerprint density at radius 1 is 1.10 bits per heavy atom. The van der Waals surface area contributed by atoms with Gasteiger partial charge in [0.05, 0.1) is 7.11 Å². The highest BCUT2D eigenvalue weighted by molar-refractivity contribution is 5.46. The highest BCUT2D eigenvalue weighted by Gasteiger charge is 2.10. The molecule has 0 unspecified atom stereocenters. The Morgan fingerprint density at radius 2 is 1.80 bits per heavy atom. The molecule has 1 aromatic heterocycles. The first-order valence-electron chi connectivity index (χ1n) is 6.78. The van der Waals surface area contributed by atoms with Crippen molar-refractivity contribution in [1.29, 1.82) is 0 Å². The van der Waals surface area contributed by atoms with Crippen LogP contribution in [0.5, 0.6) is 5.88 Å². The molecule has 0 bridgehead atoms. The Kier molecular flexibility index (Phi) is 4.96. The number of anilines is 1. The van der Waals surface area contributed by atoms with E-state index in [2.05, 4.69) is 22.9 Å². The third-order valence-corrected chi connectivity index (χ3v) is 3.33. The maximum absolute atomic E-state index is 6.01. The minimum atomic E-state index is 0.687. The van der Waals surface area contributed by atoms with Crippen molar-refractivity contribution >= 4 is 5.69 Å². The van der Waals surface area contributed by atoms with Crippen LogP contribution in [-0.2, 0) is 13.1 Å². The largest absolute Gasteiger partial charge is 0.481 e. The predicted molar refractivity (Wildman–Crippen MR) is 81.4 cm³/mol. The summed E-state index contributed by atoms with van der Waals surface area (Å²) >= 11 is 0. The monoisotopic (exact) mass is 271 g/mol. The van der Waals surface area contributed by atoms with Gasteiger partial charge in [0.2, 0.25) is 5.88 Å². The van der Waals surface area contributed by atoms with Crippen molar-refractivity contribution in [2.75, 3.05) is 19.4 Å². The first-order chi connectivity index (χ1) is 9.74. The molecule has 4 nitrogen and oxygen atoms in total. The molecule has 0 amide bonds. The SMILES string of the molecule is CCN(Cc1ccccc1N)Cc1cccnc1OC. The van der Waals surface area contributed by atoms with Crippen LogP contribution < -0.4 is 10.5 Å². The Hall–Kier alpha value is -2.07. The molecule has 2 aromatic rings. The lowest BCUT2D eigenvalue weighted by atomic mass is 10.1. The molecule has 0 aliphatic heterocycles. The smallest absolute Gasteiger partial charge is 0.217 e. The Bertz CT molecular complexity index is 557. The second-order valence-electron chi connectivity index (χ2n) is 4.67. The second kappa shape index (κ2) is 6.91. The van der Waals surface area contributed by atoms with Crippen LogP contribution in [0.15, 0.2) is 42.6 Å². The molecule has 0 spiro atoms. The Balaban J connectivity index is 2.11. The number of hydrogen-bond donors (Lipinski definition) is 1. The fraction of sp³-hybridized carbons (Fsp3) is 0.312. The van der Waals surface area contributed by atoms with Gasteiger partial charge in [0.1, 0.15) is 0 Å². The summed E-state index contributed by atoms with van der Waals surface area (Å²) in [6, 6.07) is 12.0. The van der Waals surface area contributed by atoms with Crippen LogP contribution >= 0.6 is 0 Å². The molecule has 0 aliphatic rings. The molecule has 0 atom stereocenters. The Morgan fingerprint density at radius 3 is 2.50 bits per heavy atom. The summed E-state index contributed by atoms with van der Waals surface area (Å²) in [4.78, 5) is 6.55. The van der Waals surface area contributed by atoms with Gasteiger partial charge < -0.3 is 10.5 Å². The molecule has 20 heavy (non-hydrogen) atoms. The molecule has 0 saturated carbocycles. The van der Waals surface area contributed by atoms with Crippen molar-refractivity contribution in [3.05, 3.63) is 53.7 Å². The van der Waals surface area contributed by atoms with E-state index in [9.17, 15) is 0 Å². The van der Waals surface area contributed by atoms with Crippen LogP contribution in [0, 0.1) is 0 Å². The number of nitrogens with zero attached hydrogens (tertiary/aromatic N) is 2. The fourth-order valence-corrected chi connectivity index (χ4v) is 2.17. The van der Waals surface area contributed by atoms with Gasteiger partial charge in [-0.15, -0.1) is 0 Å². The third-order valence-electron chi connectivity index (χ3n) is 3.33. The number of pyridine rings is 1. The van der Waals surface area contributed by atoms with E-state index in [1.54, 1.807) is 13.3 Å². The molecule has 1 aromatic carbocycles. The third kappa shape index (κ3) is 3.48. The minimum Gasteiger partial charge on any atom is -0.481 e. The van der Waals surface area contributed by atoms with Crippen LogP contribution in [-0.4, -0.2) is 23.5 Å². The summed E-state index contributed by atoms with van der Waals surface area (Å²) < 4.78 is 5.30. The quantitative estimate of drug-likeness (QED) is 0.821. The number of para-hydroxylation sites is 1. The average Bonchev–Trinajstić information content (AvgIpc) is 2.49. The van der Waals surface area contributed by atoms with Gasteiger partial charge in [0.15, 0.2) is 0 Å². The van der Waals surface area contributed by atoms with Crippen molar-refractivity contribution in [3.8, 4) is 5.88 Å². The van der Waals surface area contributed by atoms with E-state index in [-0.39, 0.29) is 0 Å². The van der Waals surface area contributed by atoms with Crippen LogP contribution in [0.1, 0.15) is 18.1 Å². The van der Waals surface area contributed by atoms with E-state index in [4.69, 9.17) is 10.5 Å². The van der Waals surface area contributed by atoms with E-state index >= 15 is 0 Å². The standard InChI is InChI=1S/C16H21N3O/c1-3-19(11-13-7-4-5-9-15(13)17)12-14-8-6-10-18-16(14)20-2/h4-10H,3,11-12,17H2,1-2H3. The highest BCUT2D eigenvalue weighted by Crippen LogP contribution is 2.19. The molecule has 0 saturated heterocycles. The van der Waals surface area contributed by atoms with Crippen LogP contribution in [0.25, 0.3) is 0 Å². The molecule has 2 N–H and O–H groups in total. The van der Waals surface area contributed by atoms with Crippen LogP contribution in [0.4, 0.5) is 5.69 Å². The van der Waals surface area contributed by atoms with Crippen molar-refractivity contribution in [2.24, 2.45) is 0 Å². The topological polar surface area (TPSA) is 51.4 Å². The zero-order valence-electron chi connectivity index (χ0n) is 12.0. The lowest BCUT2D eigenvalue weighted by Crippen LogP contribution is -2.23. The molecule has 0 aliphatic carbocycles. The number of hydrogen-bond acceptors (Lipinski definition) is 4. The van der Waals surface area contributed by atoms with Crippen molar-refractivity contribution in [2.45, 2.75) is 20.0 Å². The molecular formula is C16H21N3O. The van der Waals surface area contributed by atoms with Gasteiger partial charge in [-0.3, -0.25) is 4.90 Å². The normalized spacial score (nSPS) is 10.8. The summed E-state index contributed by atoms with van der Waals surface area (Å²) in [6.45, 7) is 4.69. The second-order valence-corrected chi connectivity index (χ2v) is 4.67. The number of methoxy groups -OCH3 is 1. The number of aromatic nitrogens is 1. The number of nitrogen functional groups attached to an aromatic ring is 1. The van der Waals surface area contributed by atoms with Gasteiger partial charge >= 0.3 is 0 Å². The van der Waals surface area contributed by atoms with Crippen molar-refractivity contribution in [1.82, 2.24) is 9.88 Å². The van der Waals surface area contributed by atoms with Crippen molar-refractivity contribution in [3.63, 3.8) is 0 Å². The molecule has 0 radical (unpaired) electrons. The number of benzene rings is 1. The van der Waals surface area contributed by atoms with Gasteiger partial charge in [0, 0.05) is 30.5 Å². The fourth-order valence-electron chi connectivity index (χ4n) is 2.17. The van der Waals surface area contributed by atoms with E-state index in [1.165, 1.54) is 0 Å². The average molecular weight is 271 g/mol. The summed E-state index contributed by atoms with van der Waals surface area (Å²) in [5.41, 5.74) is 9.09. The van der Waals surface area contributed by atoms with Gasteiger partial charge in [0.25, 0.3) is 0 Å². The van der Waals surface area contributed by atoms with Crippen molar-refractivity contribution < 1.29 is 4.74 Å². The summed E-state index contributed by atoms with van der Waals surface area (Å²) in [5.74, 6) is 0.687. The van der Waals surface area contributed by atoms with Gasteiger partial charge in [-0.25, -0.2) is 4.98 Å². The van der Waals surface area contributed by atoms with E-state index in [0.717, 1.165) is 36.4 Å². The maximum Gasteiger partial charge on any atom is 0.217 e. The Labute approximate surface area is 120 Å². The number of rotatable bonds is 6. The van der Waals surface area contributed by atoms with Crippen LogP contribution in [0.2, 0.25) is 0 Å². The highest BCUT2D eigenvalue weighted by atomic mass is 16.5. The summed E-state index contributed by atoms with van der Waals surface area (Å²) in [5, 5.41) is 0. The molecule has 106 valence electrons. The number of ether oxygens (including phenoxy) is 1. The molecule has 1 heterocycles. The minimum absolute atomic E-state index is 0.687. The zero-order chi connectivity index (χ0) is 14.4. The summed E-state index contributed by atoms with van der Waals surface area (Å²) in [6.07, 6.45) is 1.74.